The first-order valence-electron chi connectivity index (χ1n) is 6.88. The monoisotopic (exact) mass is 313 g/mol. The van der Waals surface area contributed by atoms with Gasteiger partial charge in [-0.25, -0.2) is 4.79 Å². The lowest BCUT2D eigenvalue weighted by molar-refractivity contribution is -0.198. The molecule has 1 rings (SSSR count). The van der Waals surface area contributed by atoms with Crippen LogP contribution in [0.3, 0.4) is 0 Å². The van der Waals surface area contributed by atoms with E-state index in [0.29, 0.717) is 31.5 Å². The summed E-state index contributed by atoms with van der Waals surface area (Å²) in [5, 5.41) is 0.516. The molecule has 1 aliphatic rings. The van der Waals surface area contributed by atoms with Gasteiger partial charge in [0.15, 0.2) is 0 Å². The molecule has 0 aromatic carbocycles. The second-order valence-electron chi connectivity index (χ2n) is 4.28. The van der Waals surface area contributed by atoms with Gasteiger partial charge in [0, 0.05) is 12.8 Å². The van der Waals surface area contributed by atoms with Crippen molar-refractivity contribution < 1.29 is 33.4 Å². The van der Waals surface area contributed by atoms with E-state index in [1.807, 2.05) is 0 Å². The van der Waals surface area contributed by atoms with E-state index in [1.54, 1.807) is 0 Å². The average Bonchev–Trinajstić information content (AvgIpc) is 2.81. The molecule has 122 valence electrons. The van der Waals surface area contributed by atoms with E-state index in [0.717, 1.165) is 0 Å². The Morgan fingerprint density at radius 2 is 1.55 bits per heavy atom. The Morgan fingerprint density at radius 3 is 2.14 bits per heavy atom. The van der Waals surface area contributed by atoms with Crippen molar-refractivity contribution in [2.24, 2.45) is 0 Å². The third-order valence-electron chi connectivity index (χ3n) is 2.58. The molecule has 2 amide bonds. The second-order valence-corrected chi connectivity index (χ2v) is 4.28. The Labute approximate surface area is 128 Å². The van der Waals surface area contributed by atoms with E-state index in [-0.39, 0.29) is 32.5 Å². The summed E-state index contributed by atoms with van der Waals surface area (Å²) in [5.74, 6) is 0.648. The first-order valence-corrected chi connectivity index (χ1v) is 6.88. The maximum atomic E-state index is 11.4. The minimum atomic E-state index is -0.688. The first-order chi connectivity index (χ1) is 10.6. The number of imide groups is 1. The highest BCUT2D eigenvalue weighted by molar-refractivity contribution is 6.01. The summed E-state index contributed by atoms with van der Waals surface area (Å²) in [7, 11) is 0. The number of hydroxylamine groups is 2. The molecule has 22 heavy (non-hydrogen) atoms. The maximum Gasteiger partial charge on any atom is 0.335 e. The van der Waals surface area contributed by atoms with E-state index in [1.165, 1.54) is 0 Å². The number of carbonyl (C=O) groups excluding carboxylic acids is 3. The number of ether oxygens (including phenoxy) is 3. The molecule has 0 bridgehead atoms. The fourth-order valence-electron chi connectivity index (χ4n) is 1.53. The Balaban J connectivity index is 1.94. The number of carbonyl (C=O) groups is 3. The van der Waals surface area contributed by atoms with Crippen molar-refractivity contribution in [1.82, 2.24) is 5.06 Å². The normalized spacial score (nSPS) is 14.2. The van der Waals surface area contributed by atoms with E-state index < -0.39 is 17.8 Å². The molecule has 0 saturated carbocycles. The van der Waals surface area contributed by atoms with Crippen molar-refractivity contribution in [3.63, 3.8) is 0 Å². The zero-order chi connectivity index (χ0) is 16.2. The van der Waals surface area contributed by atoms with Gasteiger partial charge < -0.3 is 19.0 Å². The van der Waals surface area contributed by atoms with Crippen molar-refractivity contribution in [2.45, 2.75) is 19.3 Å². The van der Waals surface area contributed by atoms with Crippen LogP contribution in [0.2, 0.25) is 0 Å². The minimum Gasteiger partial charge on any atom is -0.378 e. The Bertz CT molecular complexity index is 413. The number of terminal acetylenes is 1. The molecule has 0 aromatic rings. The summed E-state index contributed by atoms with van der Waals surface area (Å²) < 4.78 is 15.4. The first kappa shape index (κ1) is 18.1. The lowest BCUT2D eigenvalue weighted by atomic mass is 10.4. The van der Waals surface area contributed by atoms with Crippen LogP contribution in [0.1, 0.15) is 19.3 Å². The Hall–Kier alpha value is -1.95. The van der Waals surface area contributed by atoms with Crippen molar-refractivity contribution in [3.8, 4) is 12.3 Å². The minimum absolute atomic E-state index is 0.0532. The standard InChI is InChI=1S/C14H19NO7/c1-2-6-19-8-10-21-11-9-20-7-5-14(18)22-15-12(16)3-4-13(15)17/h1H,3-11H2. The summed E-state index contributed by atoms with van der Waals surface area (Å²) in [6.45, 7) is 1.86. The third-order valence-corrected chi connectivity index (χ3v) is 2.58. The molecule has 0 atom stereocenters. The fourth-order valence-corrected chi connectivity index (χ4v) is 1.53. The number of hydrogen-bond acceptors (Lipinski definition) is 7. The molecular formula is C14H19NO7. The largest absolute Gasteiger partial charge is 0.378 e. The molecule has 1 heterocycles. The van der Waals surface area contributed by atoms with E-state index in [9.17, 15) is 14.4 Å². The van der Waals surface area contributed by atoms with Crippen molar-refractivity contribution >= 4 is 17.8 Å². The van der Waals surface area contributed by atoms with Gasteiger partial charge in [-0.1, -0.05) is 5.92 Å². The molecule has 0 aliphatic carbocycles. The topological polar surface area (TPSA) is 91.4 Å². The van der Waals surface area contributed by atoms with E-state index in [4.69, 9.17) is 20.6 Å². The fraction of sp³-hybridized carbons (Fsp3) is 0.643. The van der Waals surface area contributed by atoms with Crippen LogP contribution < -0.4 is 0 Å². The van der Waals surface area contributed by atoms with Crippen LogP contribution in [-0.2, 0) is 33.4 Å². The van der Waals surface area contributed by atoms with Gasteiger partial charge in [-0.3, -0.25) is 9.59 Å². The van der Waals surface area contributed by atoms with Gasteiger partial charge in [0.25, 0.3) is 11.8 Å². The molecule has 0 unspecified atom stereocenters. The predicted molar refractivity (Wildman–Crippen MR) is 73.1 cm³/mol. The molecular weight excluding hydrogens is 294 g/mol. The molecule has 1 aliphatic heterocycles. The van der Waals surface area contributed by atoms with Gasteiger partial charge in [0.1, 0.15) is 6.61 Å². The van der Waals surface area contributed by atoms with E-state index in [2.05, 4.69) is 10.8 Å². The van der Waals surface area contributed by atoms with Crippen LogP contribution >= 0.6 is 0 Å². The molecule has 0 N–H and O–H groups in total. The molecule has 8 heteroatoms. The van der Waals surface area contributed by atoms with Crippen molar-refractivity contribution in [3.05, 3.63) is 0 Å². The molecule has 0 spiro atoms. The molecule has 0 aromatic heterocycles. The van der Waals surface area contributed by atoms with Crippen LogP contribution in [0.4, 0.5) is 0 Å². The maximum absolute atomic E-state index is 11.4. The number of amides is 2. The highest BCUT2D eigenvalue weighted by Crippen LogP contribution is 2.12. The van der Waals surface area contributed by atoms with Crippen LogP contribution in [0.15, 0.2) is 0 Å². The van der Waals surface area contributed by atoms with Crippen LogP contribution in [0, 0.1) is 12.3 Å². The summed E-state index contributed by atoms with van der Waals surface area (Å²) >= 11 is 0. The third kappa shape index (κ3) is 7.17. The smallest absolute Gasteiger partial charge is 0.335 e. The molecule has 1 saturated heterocycles. The quantitative estimate of drug-likeness (QED) is 0.293. The van der Waals surface area contributed by atoms with Gasteiger partial charge in [0.05, 0.1) is 39.5 Å². The van der Waals surface area contributed by atoms with Gasteiger partial charge in [-0.2, -0.15) is 0 Å². The van der Waals surface area contributed by atoms with E-state index >= 15 is 0 Å². The highest BCUT2D eigenvalue weighted by Gasteiger charge is 2.32. The highest BCUT2D eigenvalue weighted by atomic mass is 16.7. The van der Waals surface area contributed by atoms with Crippen molar-refractivity contribution in [2.75, 3.05) is 39.6 Å². The predicted octanol–water partition coefficient (Wildman–Crippen LogP) is -0.333. The SMILES string of the molecule is C#CCOCCOCCOCCC(=O)ON1C(=O)CCC1=O. The summed E-state index contributed by atoms with van der Waals surface area (Å²) in [6.07, 6.45) is 5.10. The van der Waals surface area contributed by atoms with Crippen LogP contribution in [-0.4, -0.2) is 62.5 Å². The molecule has 1 fully saturated rings. The summed E-state index contributed by atoms with van der Waals surface area (Å²) in [6, 6.07) is 0. The molecule has 8 nitrogen and oxygen atoms in total. The zero-order valence-corrected chi connectivity index (χ0v) is 12.2. The lowest BCUT2D eigenvalue weighted by Gasteiger charge is -2.12. The summed E-state index contributed by atoms with van der Waals surface area (Å²) in [5.41, 5.74) is 0. The van der Waals surface area contributed by atoms with Crippen molar-refractivity contribution in [1.29, 1.82) is 0 Å². The Morgan fingerprint density at radius 1 is 1.00 bits per heavy atom. The Kier molecular flexibility index (Phi) is 8.83. The number of rotatable bonds is 11. The van der Waals surface area contributed by atoms with Gasteiger partial charge >= 0.3 is 5.97 Å². The molecule has 0 radical (unpaired) electrons. The van der Waals surface area contributed by atoms with Gasteiger partial charge in [-0.05, 0) is 0 Å². The number of hydrogen-bond donors (Lipinski definition) is 0. The van der Waals surface area contributed by atoms with Crippen LogP contribution in [0.25, 0.3) is 0 Å². The second kappa shape index (κ2) is 10.7. The number of nitrogens with zero attached hydrogens (tertiary/aromatic N) is 1. The summed E-state index contributed by atoms with van der Waals surface area (Å²) in [4.78, 5) is 38.5. The van der Waals surface area contributed by atoms with Gasteiger partial charge in [0.2, 0.25) is 0 Å². The average molecular weight is 313 g/mol. The van der Waals surface area contributed by atoms with Crippen LogP contribution in [0.5, 0.6) is 0 Å². The zero-order valence-electron chi connectivity index (χ0n) is 12.2. The van der Waals surface area contributed by atoms with Gasteiger partial charge in [-0.15, -0.1) is 11.5 Å². The lowest BCUT2D eigenvalue weighted by Crippen LogP contribution is -2.32.